The second kappa shape index (κ2) is 8.60. The summed E-state index contributed by atoms with van der Waals surface area (Å²) in [6.07, 6.45) is 8.91. The van der Waals surface area contributed by atoms with Crippen molar-refractivity contribution >= 4 is 10.1 Å². The van der Waals surface area contributed by atoms with Crippen LogP contribution in [0.25, 0.3) is 0 Å². The summed E-state index contributed by atoms with van der Waals surface area (Å²) < 4.78 is 28.9. The molecular formula is C17H22O3S. The van der Waals surface area contributed by atoms with E-state index in [1.807, 2.05) is 32.1 Å². The Bertz CT molecular complexity index is 608. The van der Waals surface area contributed by atoms with Crippen LogP contribution in [0.3, 0.4) is 0 Å². The first kappa shape index (κ1) is 17.4. The van der Waals surface area contributed by atoms with Gasteiger partial charge < -0.3 is 0 Å². The molecular weight excluding hydrogens is 284 g/mol. The van der Waals surface area contributed by atoms with Gasteiger partial charge in [-0.2, -0.15) is 8.42 Å². The van der Waals surface area contributed by atoms with Crippen LogP contribution in [0.2, 0.25) is 0 Å². The summed E-state index contributed by atoms with van der Waals surface area (Å²) in [6, 6.07) is 6.65. The Balaban J connectivity index is 2.44. The lowest BCUT2D eigenvalue weighted by atomic mass is 10.1. The summed E-state index contributed by atoms with van der Waals surface area (Å²) in [5.41, 5.74) is 2.19. The number of rotatable bonds is 8. The van der Waals surface area contributed by atoms with Crippen molar-refractivity contribution in [2.24, 2.45) is 0 Å². The van der Waals surface area contributed by atoms with E-state index in [2.05, 4.69) is 6.58 Å². The second-order valence-corrected chi connectivity index (χ2v) is 6.44. The third-order valence-corrected chi connectivity index (χ3v) is 4.22. The Morgan fingerprint density at radius 2 is 1.90 bits per heavy atom. The molecule has 1 aromatic carbocycles. The molecule has 0 amide bonds. The molecule has 3 nitrogen and oxygen atoms in total. The minimum absolute atomic E-state index is 0.187. The molecule has 0 spiro atoms. The van der Waals surface area contributed by atoms with Gasteiger partial charge in [0.1, 0.15) is 0 Å². The highest BCUT2D eigenvalue weighted by Gasteiger charge is 2.14. The quantitative estimate of drug-likeness (QED) is 0.411. The zero-order valence-electron chi connectivity index (χ0n) is 12.6. The van der Waals surface area contributed by atoms with E-state index >= 15 is 0 Å². The summed E-state index contributed by atoms with van der Waals surface area (Å²) in [5.74, 6) is 0. The second-order valence-electron chi connectivity index (χ2n) is 4.83. The van der Waals surface area contributed by atoms with Gasteiger partial charge in [-0.3, -0.25) is 4.18 Å². The van der Waals surface area contributed by atoms with Crippen LogP contribution in [0.15, 0.2) is 65.6 Å². The summed E-state index contributed by atoms with van der Waals surface area (Å²) in [4.78, 5) is 0.203. The zero-order chi connectivity index (χ0) is 15.7. The van der Waals surface area contributed by atoms with Crippen molar-refractivity contribution in [3.05, 3.63) is 66.3 Å². The van der Waals surface area contributed by atoms with Gasteiger partial charge in [0.05, 0.1) is 11.5 Å². The van der Waals surface area contributed by atoms with E-state index in [-0.39, 0.29) is 11.5 Å². The molecule has 0 unspecified atom stereocenters. The van der Waals surface area contributed by atoms with E-state index in [0.29, 0.717) is 6.42 Å². The van der Waals surface area contributed by atoms with E-state index in [0.717, 1.165) is 12.0 Å². The maximum Gasteiger partial charge on any atom is 0.296 e. The Labute approximate surface area is 127 Å². The highest BCUT2D eigenvalue weighted by atomic mass is 32.2. The minimum Gasteiger partial charge on any atom is -0.266 e. The third kappa shape index (κ3) is 6.56. The van der Waals surface area contributed by atoms with E-state index in [4.69, 9.17) is 4.18 Å². The van der Waals surface area contributed by atoms with Gasteiger partial charge in [0.25, 0.3) is 10.1 Å². The maximum absolute atomic E-state index is 11.9. The van der Waals surface area contributed by atoms with Crippen molar-refractivity contribution in [3.8, 4) is 0 Å². The number of benzene rings is 1. The predicted octanol–water partition coefficient (Wildman–Crippen LogP) is 4.17. The summed E-state index contributed by atoms with van der Waals surface area (Å²) in [5, 5.41) is 0. The number of aryl methyl sites for hydroxylation is 1. The maximum atomic E-state index is 11.9. The Morgan fingerprint density at radius 1 is 1.24 bits per heavy atom. The first-order chi connectivity index (χ1) is 9.95. The van der Waals surface area contributed by atoms with Gasteiger partial charge in [0.15, 0.2) is 0 Å². The van der Waals surface area contributed by atoms with E-state index in [1.54, 1.807) is 30.3 Å². The fourth-order valence-corrected chi connectivity index (χ4v) is 2.62. The van der Waals surface area contributed by atoms with Gasteiger partial charge in [-0.15, -0.1) is 0 Å². The summed E-state index contributed by atoms with van der Waals surface area (Å²) >= 11 is 0. The molecule has 0 aliphatic rings. The van der Waals surface area contributed by atoms with Crippen molar-refractivity contribution in [2.75, 3.05) is 6.61 Å². The van der Waals surface area contributed by atoms with Crippen molar-refractivity contribution in [1.29, 1.82) is 0 Å². The van der Waals surface area contributed by atoms with Crippen LogP contribution in [-0.4, -0.2) is 15.0 Å². The molecule has 114 valence electrons. The Hall–Kier alpha value is -1.65. The summed E-state index contributed by atoms with van der Waals surface area (Å²) in [7, 11) is -3.64. The number of hydrogen-bond acceptors (Lipinski definition) is 3. The lowest BCUT2D eigenvalue weighted by Crippen LogP contribution is -2.07. The standard InChI is InChI=1S/C17H22O3S/c1-4-5-6-8-15(2)9-7-14-20-21(18,19)17-12-10-16(3)11-13-17/h4-6,8,10-13H,1,7,9,14H2,2-3H3/b6-5-,15-8+. The topological polar surface area (TPSA) is 43.4 Å². The first-order valence-electron chi connectivity index (χ1n) is 6.86. The molecule has 0 saturated heterocycles. The predicted molar refractivity (Wildman–Crippen MR) is 86.6 cm³/mol. The van der Waals surface area contributed by atoms with Crippen LogP contribution in [0.5, 0.6) is 0 Å². The number of hydrogen-bond donors (Lipinski definition) is 0. The van der Waals surface area contributed by atoms with Crippen molar-refractivity contribution in [1.82, 2.24) is 0 Å². The molecule has 0 aromatic heterocycles. The lowest BCUT2D eigenvalue weighted by Gasteiger charge is -2.06. The lowest BCUT2D eigenvalue weighted by molar-refractivity contribution is 0.312. The smallest absolute Gasteiger partial charge is 0.266 e. The molecule has 0 heterocycles. The largest absolute Gasteiger partial charge is 0.296 e. The van der Waals surface area contributed by atoms with Crippen LogP contribution < -0.4 is 0 Å². The Kier molecular flexibility index (Phi) is 7.12. The van der Waals surface area contributed by atoms with Crippen molar-refractivity contribution in [3.63, 3.8) is 0 Å². The first-order valence-corrected chi connectivity index (χ1v) is 8.27. The van der Waals surface area contributed by atoms with Gasteiger partial charge in [-0.1, -0.05) is 54.2 Å². The third-order valence-electron chi connectivity index (χ3n) is 2.89. The molecule has 1 aromatic rings. The molecule has 0 aliphatic heterocycles. The van der Waals surface area contributed by atoms with Crippen LogP contribution >= 0.6 is 0 Å². The van der Waals surface area contributed by atoms with E-state index < -0.39 is 10.1 Å². The average molecular weight is 306 g/mol. The molecule has 0 bridgehead atoms. The molecule has 0 fully saturated rings. The highest BCUT2D eigenvalue weighted by molar-refractivity contribution is 7.86. The van der Waals surface area contributed by atoms with Gasteiger partial charge in [-0.05, 0) is 38.8 Å². The molecule has 0 aliphatic carbocycles. The molecule has 0 saturated carbocycles. The van der Waals surface area contributed by atoms with Crippen molar-refractivity contribution in [2.45, 2.75) is 31.6 Å². The van der Waals surface area contributed by atoms with E-state index in [9.17, 15) is 8.42 Å². The van der Waals surface area contributed by atoms with Crippen LogP contribution in [0.4, 0.5) is 0 Å². The molecule has 0 radical (unpaired) electrons. The van der Waals surface area contributed by atoms with Gasteiger partial charge >= 0.3 is 0 Å². The van der Waals surface area contributed by atoms with Crippen molar-refractivity contribution < 1.29 is 12.6 Å². The molecule has 0 atom stereocenters. The fourth-order valence-electron chi connectivity index (χ4n) is 1.67. The van der Waals surface area contributed by atoms with E-state index in [1.165, 1.54) is 5.57 Å². The van der Waals surface area contributed by atoms with Gasteiger partial charge in [0.2, 0.25) is 0 Å². The van der Waals surface area contributed by atoms with Crippen LogP contribution in [0.1, 0.15) is 25.3 Å². The fraction of sp³-hybridized carbons (Fsp3) is 0.294. The minimum atomic E-state index is -3.64. The molecule has 4 heteroatoms. The molecule has 0 N–H and O–H groups in total. The van der Waals surface area contributed by atoms with Crippen LogP contribution in [0, 0.1) is 6.92 Å². The summed E-state index contributed by atoms with van der Waals surface area (Å²) in [6.45, 7) is 7.69. The Morgan fingerprint density at radius 3 is 2.52 bits per heavy atom. The SMILES string of the molecule is C=C/C=C\C=C(/C)CCCOS(=O)(=O)c1ccc(C)cc1. The monoisotopic (exact) mass is 306 g/mol. The molecule has 1 rings (SSSR count). The van der Waals surface area contributed by atoms with Gasteiger partial charge in [0, 0.05) is 0 Å². The average Bonchev–Trinajstić information content (AvgIpc) is 2.44. The highest BCUT2D eigenvalue weighted by Crippen LogP contribution is 2.14. The number of allylic oxidation sites excluding steroid dienone is 5. The van der Waals surface area contributed by atoms with Crippen LogP contribution in [-0.2, 0) is 14.3 Å². The van der Waals surface area contributed by atoms with Gasteiger partial charge in [-0.25, -0.2) is 0 Å². The normalized spacial score (nSPS) is 12.8. The zero-order valence-corrected chi connectivity index (χ0v) is 13.4. The molecule has 21 heavy (non-hydrogen) atoms.